The Labute approximate surface area is 176 Å². The molecule has 0 aliphatic heterocycles. The zero-order valence-electron chi connectivity index (χ0n) is 18.7. The number of ketones is 1. The third kappa shape index (κ3) is 3.43. The fraction of sp³-hybridized carbons (Fsp3) is 0.769. The molecule has 4 aliphatic carbocycles. The molecule has 0 spiro atoms. The molecule has 0 heterocycles. The number of hydrogen-bond acceptors (Lipinski definition) is 3. The van der Waals surface area contributed by atoms with E-state index in [9.17, 15) is 9.59 Å². The minimum atomic E-state index is -0.0800. The molecule has 0 radical (unpaired) electrons. The number of ether oxygens (including phenoxy) is 1. The van der Waals surface area contributed by atoms with Crippen molar-refractivity contribution in [1.82, 2.24) is 0 Å². The van der Waals surface area contributed by atoms with Crippen LogP contribution in [0.15, 0.2) is 23.8 Å². The topological polar surface area (TPSA) is 43.4 Å². The highest BCUT2D eigenvalue weighted by molar-refractivity contribution is 5.92. The number of methoxy groups -OCH3 is 1. The third-order valence-corrected chi connectivity index (χ3v) is 9.54. The molecule has 2 fully saturated rings. The molecule has 0 N–H and O–H groups in total. The van der Waals surface area contributed by atoms with Gasteiger partial charge in [-0.05, 0) is 97.0 Å². The maximum atomic E-state index is 12.0. The van der Waals surface area contributed by atoms with Crippen LogP contribution in [-0.4, -0.2) is 18.9 Å². The Kier molecular flexibility index (Phi) is 5.55. The van der Waals surface area contributed by atoms with Crippen LogP contribution in [0.25, 0.3) is 0 Å². The van der Waals surface area contributed by atoms with E-state index in [4.69, 9.17) is 4.74 Å². The lowest BCUT2D eigenvalue weighted by Gasteiger charge is -2.56. The van der Waals surface area contributed by atoms with E-state index in [-0.39, 0.29) is 11.4 Å². The summed E-state index contributed by atoms with van der Waals surface area (Å²) in [4.78, 5) is 23.5. The molecule has 0 bridgehead atoms. The largest absolute Gasteiger partial charge is 0.469 e. The Hall–Kier alpha value is -1.38. The summed E-state index contributed by atoms with van der Waals surface area (Å²) in [5, 5.41) is 0. The second kappa shape index (κ2) is 7.71. The normalized spacial score (nSPS) is 41.8. The molecule has 3 nitrogen and oxygen atoms in total. The van der Waals surface area contributed by atoms with Gasteiger partial charge in [0.1, 0.15) is 0 Å². The number of hydrogen-bond donors (Lipinski definition) is 0. The summed E-state index contributed by atoms with van der Waals surface area (Å²) in [7, 11) is 1.48. The Morgan fingerprint density at radius 3 is 2.76 bits per heavy atom. The second-order valence-corrected chi connectivity index (χ2v) is 10.8. The van der Waals surface area contributed by atoms with E-state index in [0.29, 0.717) is 35.4 Å². The van der Waals surface area contributed by atoms with Gasteiger partial charge in [0.15, 0.2) is 5.78 Å². The first kappa shape index (κ1) is 20.9. The van der Waals surface area contributed by atoms with E-state index >= 15 is 0 Å². The molecule has 2 saturated carbocycles. The highest BCUT2D eigenvalue weighted by atomic mass is 16.5. The first-order chi connectivity index (χ1) is 13.8. The second-order valence-electron chi connectivity index (χ2n) is 10.8. The summed E-state index contributed by atoms with van der Waals surface area (Å²) >= 11 is 0. The fourth-order valence-corrected chi connectivity index (χ4v) is 7.84. The van der Waals surface area contributed by atoms with Crippen LogP contribution in [0.2, 0.25) is 0 Å². The minimum Gasteiger partial charge on any atom is -0.469 e. The van der Waals surface area contributed by atoms with Gasteiger partial charge in [-0.15, -0.1) is 0 Å². The quantitative estimate of drug-likeness (QED) is 0.542. The molecular weight excluding hydrogens is 360 g/mol. The van der Waals surface area contributed by atoms with Crippen LogP contribution in [0.4, 0.5) is 0 Å². The van der Waals surface area contributed by atoms with Crippen LogP contribution in [0.3, 0.4) is 0 Å². The maximum Gasteiger partial charge on any atom is 0.305 e. The summed E-state index contributed by atoms with van der Waals surface area (Å²) in [5.74, 6) is 3.78. The van der Waals surface area contributed by atoms with Gasteiger partial charge in [0.05, 0.1) is 7.11 Å². The summed E-state index contributed by atoms with van der Waals surface area (Å²) in [6, 6.07) is 0. The molecule has 0 aromatic heterocycles. The average molecular weight is 399 g/mol. The predicted molar refractivity (Wildman–Crippen MR) is 115 cm³/mol. The van der Waals surface area contributed by atoms with Crippen molar-refractivity contribution < 1.29 is 14.3 Å². The molecule has 0 amide bonds. The molecule has 3 heteroatoms. The van der Waals surface area contributed by atoms with Crippen molar-refractivity contribution in [3.63, 3.8) is 0 Å². The average Bonchev–Trinajstić information content (AvgIpc) is 3.05. The predicted octanol–water partition coefficient (Wildman–Crippen LogP) is 5.89. The molecule has 4 rings (SSSR count). The monoisotopic (exact) mass is 398 g/mol. The van der Waals surface area contributed by atoms with Crippen molar-refractivity contribution in [1.29, 1.82) is 0 Å². The lowest BCUT2D eigenvalue weighted by atomic mass is 9.48. The standard InChI is InChI=1S/C26H38O3/c1-17(6-5-7-24(28)29-4)21-10-11-22-20-9-8-18-16-19(27)12-14-25(18,2)23(20)13-15-26(21,22)3/h8-9,16-17,20-23H,5-7,10-15H2,1-4H3/t17-,20?,21-,22?,23?,25+,26-/m1/s1. The molecule has 160 valence electrons. The van der Waals surface area contributed by atoms with Gasteiger partial charge in [-0.2, -0.15) is 0 Å². The molecule has 0 saturated heterocycles. The first-order valence-electron chi connectivity index (χ1n) is 11.8. The van der Waals surface area contributed by atoms with Gasteiger partial charge >= 0.3 is 5.97 Å². The van der Waals surface area contributed by atoms with E-state index in [1.165, 1.54) is 38.4 Å². The fourth-order valence-electron chi connectivity index (χ4n) is 7.84. The lowest BCUT2D eigenvalue weighted by Crippen LogP contribution is -2.49. The number of carbonyl (C=O) groups is 2. The summed E-state index contributed by atoms with van der Waals surface area (Å²) < 4.78 is 4.81. The van der Waals surface area contributed by atoms with Crippen LogP contribution in [0.5, 0.6) is 0 Å². The maximum absolute atomic E-state index is 12.0. The van der Waals surface area contributed by atoms with Crippen molar-refractivity contribution >= 4 is 11.8 Å². The Bertz CT molecular complexity index is 734. The minimum absolute atomic E-state index is 0.0800. The highest BCUT2D eigenvalue weighted by Gasteiger charge is 2.58. The van der Waals surface area contributed by atoms with E-state index in [1.807, 2.05) is 6.08 Å². The number of rotatable bonds is 5. The van der Waals surface area contributed by atoms with Gasteiger partial charge in [-0.25, -0.2) is 0 Å². The zero-order chi connectivity index (χ0) is 20.8. The number of esters is 1. The van der Waals surface area contributed by atoms with E-state index < -0.39 is 0 Å². The molecule has 0 aromatic rings. The Balaban J connectivity index is 1.50. The lowest BCUT2D eigenvalue weighted by molar-refractivity contribution is -0.140. The van der Waals surface area contributed by atoms with Crippen LogP contribution in [0.1, 0.15) is 78.6 Å². The van der Waals surface area contributed by atoms with Gasteiger partial charge in [0, 0.05) is 12.8 Å². The molecule has 29 heavy (non-hydrogen) atoms. The van der Waals surface area contributed by atoms with Crippen molar-refractivity contribution in [2.45, 2.75) is 78.6 Å². The Morgan fingerprint density at radius 1 is 1.21 bits per heavy atom. The van der Waals surface area contributed by atoms with E-state index in [0.717, 1.165) is 37.5 Å². The zero-order valence-corrected chi connectivity index (χ0v) is 18.7. The van der Waals surface area contributed by atoms with E-state index in [1.54, 1.807) is 0 Å². The van der Waals surface area contributed by atoms with Gasteiger partial charge in [0.25, 0.3) is 0 Å². The number of carbonyl (C=O) groups excluding carboxylic acids is 2. The number of fused-ring (bicyclic) bond motifs is 5. The molecule has 7 atom stereocenters. The van der Waals surface area contributed by atoms with Crippen LogP contribution in [0, 0.1) is 40.4 Å². The van der Waals surface area contributed by atoms with Crippen molar-refractivity contribution in [2.24, 2.45) is 40.4 Å². The SMILES string of the molecule is COC(=O)CCC[C@@H](C)[C@H]1CCC2C3C=CC4=CC(=O)CC[C@]4(C)C3CC[C@@]21C. The third-order valence-electron chi connectivity index (χ3n) is 9.54. The van der Waals surface area contributed by atoms with Gasteiger partial charge in [-0.3, -0.25) is 9.59 Å². The summed E-state index contributed by atoms with van der Waals surface area (Å²) in [5.41, 5.74) is 1.90. The molecular formula is C26H38O3. The van der Waals surface area contributed by atoms with Crippen LogP contribution >= 0.6 is 0 Å². The molecule has 0 aromatic carbocycles. The molecule has 4 aliphatic rings. The Morgan fingerprint density at radius 2 is 2.00 bits per heavy atom. The first-order valence-corrected chi connectivity index (χ1v) is 11.8. The van der Waals surface area contributed by atoms with Crippen molar-refractivity contribution in [2.75, 3.05) is 7.11 Å². The smallest absolute Gasteiger partial charge is 0.305 e. The van der Waals surface area contributed by atoms with Crippen molar-refractivity contribution in [3.05, 3.63) is 23.8 Å². The van der Waals surface area contributed by atoms with E-state index in [2.05, 4.69) is 32.9 Å². The van der Waals surface area contributed by atoms with Crippen LogP contribution in [-0.2, 0) is 14.3 Å². The van der Waals surface area contributed by atoms with Gasteiger partial charge in [-0.1, -0.05) is 32.9 Å². The van der Waals surface area contributed by atoms with Gasteiger partial charge < -0.3 is 4.74 Å². The highest BCUT2D eigenvalue weighted by Crippen LogP contribution is 2.66. The number of allylic oxidation sites excluding steroid dienone is 4. The van der Waals surface area contributed by atoms with Crippen LogP contribution < -0.4 is 0 Å². The molecule has 3 unspecified atom stereocenters. The van der Waals surface area contributed by atoms with Crippen molar-refractivity contribution in [3.8, 4) is 0 Å². The van der Waals surface area contributed by atoms with Gasteiger partial charge in [0.2, 0.25) is 0 Å². The summed E-state index contributed by atoms with van der Waals surface area (Å²) in [6.07, 6.45) is 16.3. The summed E-state index contributed by atoms with van der Waals surface area (Å²) in [6.45, 7) is 7.40.